The second-order valence-corrected chi connectivity index (χ2v) is 5.58. The molecule has 16 heavy (non-hydrogen) atoms. The fourth-order valence-electron chi connectivity index (χ4n) is 1.83. The van der Waals surface area contributed by atoms with Crippen molar-refractivity contribution >= 4 is 0 Å². The average molecular weight is 231 g/mol. The van der Waals surface area contributed by atoms with Crippen molar-refractivity contribution in [3.8, 4) is 0 Å². The lowest BCUT2D eigenvalue weighted by Crippen LogP contribution is -2.48. The first-order valence-corrected chi connectivity index (χ1v) is 6.05. The number of rotatable bonds is 5. The predicted molar refractivity (Wildman–Crippen MR) is 63.2 cm³/mol. The Hall–Kier alpha value is -0.160. The van der Waals surface area contributed by atoms with Gasteiger partial charge in [0.25, 0.3) is 0 Å². The zero-order valence-electron chi connectivity index (χ0n) is 10.6. The van der Waals surface area contributed by atoms with Gasteiger partial charge in [-0.05, 0) is 18.3 Å². The van der Waals surface area contributed by atoms with Gasteiger partial charge in [0.15, 0.2) is 0 Å². The first-order valence-electron chi connectivity index (χ1n) is 6.05. The third kappa shape index (κ3) is 4.01. The fraction of sp³-hybridized carbons (Fsp3) is 1.00. The maximum absolute atomic E-state index is 9.29. The van der Waals surface area contributed by atoms with E-state index in [4.69, 9.17) is 15.2 Å². The number of hydrogen-bond donors (Lipinski definition) is 2. The summed E-state index contributed by atoms with van der Waals surface area (Å²) in [6.07, 6.45) is 2.02. The summed E-state index contributed by atoms with van der Waals surface area (Å²) in [6.45, 7) is 7.48. The Labute approximate surface area is 98.1 Å². The summed E-state index contributed by atoms with van der Waals surface area (Å²) in [5.41, 5.74) is 6.00. The number of hydrogen-bond acceptors (Lipinski definition) is 4. The van der Waals surface area contributed by atoms with Crippen molar-refractivity contribution in [2.24, 2.45) is 11.1 Å². The molecule has 0 aliphatic carbocycles. The summed E-state index contributed by atoms with van der Waals surface area (Å²) in [6, 6.07) is -0.168. The normalized spacial score (nSPS) is 25.7. The second-order valence-electron chi connectivity index (χ2n) is 5.58. The van der Waals surface area contributed by atoms with Gasteiger partial charge in [-0.3, -0.25) is 0 Å². The summed E-state index contributed by atoms with van der Waals surface area (Å²) in [4.78, 5) is 0. The minimum absolute atomic E-state index is 0.0366. The van der Waals surface area contributed by atoms with Crippen molar-refractivity contribution in [3.63, 3.8) is 0 Å². The van der Waals surface area contributed by atoms with E-state index in [1.165, 1.54) is 0 Å². The van der Waals surface area contributed by atoms with Crippen molar-refractivity contribution in [2.75, 3.05) is 19.8 Å². The Morgan fingerprint density at radius 3 is 2.62 bits per heavy atom. The van der Waals surface area contributed by atoms with Gasteiger partial charge in [0.2, 0.25) is 0 Å². The minimum Gasteiger partial charge on any atom is -0.394 e. The molecule has 1 aliphatic rings. The van der Waals surface area contributed by atoms with E-state index in [1.54, 1.807) is 0 Å². The van der Waals surface area contributed by atoms with Crippen LogP contribution in [0.1, 0.15) is 33.6 Å². The van der Waals surface area contributed by atoms with Gasteiger partial charge in [0.1, 0.15) is 0 Å². The molecule has 0 aromatic heterocycles. The largest absolute Gasteiger partial charge is 0.394 e. The monoisotopic (exact) mass is 231 g/mol. The molecule has 0 aromatic rings. The van der Waals surface area contributed by atoms with Gasteiger partial charge < -0.3 is 20.3 Å². The molecule has 3 unspecified atom stereocenters. The van der Waals surface area contributed by atoms with Crippen molar-refractivity contribution in [2.45, 2.75) is 51.9 Å². The molecule has 0 aromatic carbocycles. The quantitative estimate of drug-likeness (QED) is 0.738. The molecule has 3 N–H and O–H groups in total. The van der Waals surface area contributed by atoms with Crippen molar-refractivity contribution in [1.29, 1.82) is 0 Å². The van der Waals surface area contributed by atoms with E-state index >= 15 is 0 Å². The van der Waals surface area contributed by atoms with Crippen molar-refractivity contribution in [3.05, 3.63) is 0 Å². The molecular formula is C12H25NO3. The van der Waals surface area contributed by atoms with Crippen LogP contribution in [0.15, 0.2) is 0 Å². The van der Waals surface area contributed by atoms with E-state index in [-0.39, 0.29) is 30.3 Å². The minimum atomic E-state index is -0.302. The molecule has 1 rings (SSSR count). The van der Waals surface area contributed by atoms with Crippen LogP contribution in [-0.2, 0) is 9.47 Å². The summed E-state index contributed by atoms with van der Waals surface area (Å²) in [7, 11) is 0. The molecule has 0 bridgehead atoms. The van der Waals surface area contributed by atoms with Crippen molar-refractivity contribution in [1.82, 2.24) is 0 Å². The Bertz CT molecular complexity index is 197. The highest BCUT2D eigenvalue weighted by molar-refractivity contribution is 4.84. The highest BCUT2D eigenvalue weighted by Gasteiger charge is 2.30. The van der Waals surface area contributed by atoms with Gasteiger partial charge in [-0.1, -0.05) is 20.8 Å². The molecule has 4 heteroatoms. The van der Waals surface area contributed by atoms with Gasteiger partial charge >= 0.3 is 0 Å². The highest BCUT2D eigenvalue weighted by Crippen LogP contribution is 2.22. The number of nitrogens with two attached hydrogens (primary N) is 1. The standard InChI is InChI=1S/C12H25NO3/c1-12(2,3)11(13)10(7-14)16-8-9-5-4-6-15-9/h9-11,14H,4-8,13H2,1-3H3. The molecule has 0 radical (unpaired) electrons. The molecule has 1 fully saturated rings. The van der Waals surface area contributed by atoms with Crippen LogP contribution in [0.25, 0.3) is 0 Å². The second kappa shape index (κ2) is 5.96. The molecule has 1 saturated heterocycles. The molecule has 1 aliphatic heterocycles. The Morgan fingerprint density at radius 2 is 2.19 bits per heavy atom. The summed E-state index contributed by atoms with van der Waals surface area (Å²) < 4.78 is 11.1. The molecule has 0 spiro atoms. The van der Waals surface area contributed by atoms with Crippen LogP contribution in [0, 0.1) is 5.41 Å². The maximum atomic E-state index is 9.29. The van der Waals surface area contributed by atoms with Crippen LogP contribution in [0.3, 0.4) is 0 Å². The van der Waals surface area contributed by atoms with E-state index in [1.807, 2.05) is 0 Å². The average Bonchev–Trinajstić information content (AvgIpc) is 2.69. The lowest BCUT2D eigenvalue weighted by atomic mass is 9.84. The number of aliphatic hydroxyl groups excluding tert-OH is 1. The molecule has 4 nitrogen and oxygen atoms in total. The molecular weight excluding hydrogens is 206 g/mol. The third-order valence-electron chi connectivity index (χ3n) is 3.10. The van der Waals surface area contributed by atoms with Crippen LogP contribution in [0.5, 0.6) is 0 Å². The zero-order valence-corrected chi connectivity index (χ0v) is 10.6. The fourth-order valence-corrected chi connectivity index (χ4v) is 1.83. The molecule has 0 saturated carbocycles. The third-order valence-corrected chi connectivity index (χ3v) is 3.10. The smallest absolute Gasteiger partial charge is 0.0962 e. The molecule has 1 heterocycles. The lowest BCUT2D eigenvalue weighted by Gasteiger charge is -2.33. The van der Waals surface area contributed by atoms with Crippen LogP contribution in [-0.4, -0.2) is 43.2 Å². The first-order chi connectivity index (χ1) is 7.45. The number of ether oxygens (including phenoxy) is 2. The summed E-state index contributed by atoms with van der Waals surface area (Å²) in [5.74, 6) is 0. The highest BCUT2D eigenvalue weighted by atomic mass is 16.5. The zero-order chi connectivity index (χ0) is 12.2. The van der Waals surface area contributed by atoms with Gasteiger partial charge in [-0.2, -0.15) is 0 Å². The topological polar surface area (TPSA) is 64.7 Å². The van der Waals surface area contributed by atoms with Gasteiger partial charge in [-0.25, -0.2) is 0 Å². The SMILES string of the molecule is CC(C)(C)C(N)C(CO)OCC1CCCO1. The Morgan fingerprint density at radius 1 is 1.50 bits per heavy atom. The van der Waals surface area contributed by atoms with Crippen LogP contribution in [0.4, 0.5) is 0 Å². The van der Waals surface area contributed by atoms with E-state index in [2.05, 4.69) is 20.8 Å². The van der Waals surface area contributed by atoms with Gasteiger partial charge in [0, 0.05) is 12.6 Å². The van der Waals surface area contributed by atoms with Gasteiger partial charge in [0.05, 0.1) is 25.4 Å². The van der Waals surface area contributed by atoms with Crippen LogP contribution in [0.2, 0.25) is 0 Å². The van der Waals surface area contributed by atoms with Crippen LogP contribution >= 0.6 is 0 Å². The Balaban J connectivity index is 2.36. The van der Waals surface area contributed by atoms with E-state index in [9.17, 15) is 5.11 Å². The molecule has 3 atom stereocenters. The Kier molecular flexibility index (Phi) is 5.18. The summed E-state index contributed by atoms with van der Waals surface area (Å²) >= 11 is 0. The maximum Gasteiger partial charge on any atom is 0.0962 e. The predicted octanol–water partition coefficient (Wildman–Crippen LogP) is 0.916. The molecule has 96 valence electrons. The lowest BCUT2D eigenvalue weighted by molar-refractivity contribution is -0.0622. The summed E-state index contributed by atoms with van der Waals surface area (Å²) in [5, 5.41) is 9.29. The number of aliphatic hydroxyl groups is 1. The first kappa shape index (κ1) is 13.9. The van der Waals surface area contributed by atoms with E-state index in [0.29, 0.717) is 6.61 Å². The van der Waals surface area contributed by atoms with Crippen molar-refractivity contribution < 1.29 is 14.6 Å². The van der Waals surface area contributed by atoms with E-state index < -0.39 is 0 Å². The molecule has 0 amide bonds. The van der Waals surface area contributed by atoms with Gasteiger partial charge in [-0.15, -0.1) is 0 Å². The van der Waals surface area contributed by atoms with E-state index in [0.717, 1.165) is 19.4 Å². The van der Waals surface area contributed by atoms with Crippen LogP contribution < -0.4 is 5.73 Å².